The summed E-state index contributed by atoms with van der Waals surface area (Å²) in [5.41, 5.74) is 5.55. The lowest BCUT2D eigenvalue weighted by Crippen LogP contribution is -2.58. The first-order chi connectivity index (χ1) is 29.7. The number of aliphatic hydroxyl groups excluding tert-OH is 2. The zero-order valence-corrected chi connectivity index (χ0v) is 36.8. The van der Waals surface area contributed by atoms with Gasteiger partial charge in [-0.05, 0) is 154 Å². The number of ketones is 1. The Bertz CT molecular complexity index is 2290. The molecule has 9 rings (SSSR count). The van der Waals surface area contributed by atoms with E-state index in [9.17, 15) is 24.9 Å². The number of hydrogen-bond acceptors (Lipinski definition) is 11. The summed E-state index contributed by atoms with van der Waals surface area (Å²) in [6.45, 7) is 2.88. The Morgan fingerprint density at radius 1 is 1.00 bits per heavy atom. The minimum absolute atomic E-state index is 0.00272. The van der Waals surface area contributed by atoms with Crippen molar-refractivity contribution < 1.29 is 24.9 Å². The van der Waals surface area contributed by atoms with Crippen molar-refractivity contribution in [2.75, 3.05) is 20.1 Å². The highest BCUT2D eigenvalue weighted by Gasteiger charge is 2.45. The molecule has 0 spiro atoms. The molecule has 324 valence electrons. The smallest absolute Gasteiger partial charge is 0.220 e. The van der Waals surface area contributed by atoms with Gasteiger partial charge in [0.15, 0.2) is 11.4 Å². The molecule has 3 fully saturated rings. The molecule has 4 heterocycles. The Hall–Kier alpha value is -3.82. The Labute approximate surface area is 366 Å². The van der Waals surface area contributed by atoms with Gasteiger partial charge in [0.1, 0.15) is 5.52 Å². The third-order valence-electron chi connectivity index (χ3n) is 14.5. The van der Waals surface area contributed by atoms with E-state index in [0.29, 0.717) is 54.6 Å². The van der Waals surface area contributed by atoms with Crippen molar-refractivity contribution in [3.05, 3.63) is 92.5 Å². The average Bonchev–Trinajstić information content (AvgIpc) is 4.12. The van der Waals surface area contributed by atoms with E-state index in [-0.39, 0.29) is 35.5 Å². The SMILES string of the molecule is CN(CCCn1nnc2cc(CNC[C@H](O)C3CCC(O)C4NC(=O)CCC43)c3c(c21)CCC3)C1CCC(CC(=O)[C@@](O)(c2cccs2)c2ccc(-c3ccccc3)s2)CC1. The molecule has 3 aliphatic carbocycles. The maximum Gasteiger partial charge on any atom is 0.220 e. The van der Waals surface area contributed by atoms with Gasteiger partial charge < -0.3 is 30.9 Å². The summed E-state index contributed by atoms with van der Waals surface area (Å²) in [5, 5.41) is 51.8. The van der Waals surface area contributed by atoms with Crippen LogP contribution in [0.5, 0.6) is 0 Å². The number of aromatic nitrogens is 3. The van der Waals surface area contributed by atoms with Crippen LogP contribution in [0.4, 0.5) is 0 Å². The van der Waals surface area contributed by atoms with E-state index >= 15 is 0 Å². The van der Waals surface area contributed by atoms with Crippen LogP contribution in [0, 0.1) is 17.8 Å². The highest BCUT2D eigenvalue weighted by molar-refractivity contribution is 7.16. The molecule has 3 aromatic heterocycles. The molecule has 5 aromatic rings. The van der Waals surface area contributed by atoms with Crippen LogP contribution >= 0.6 is 22.7 Å². The molecule has 0 radical (unpaired) electrons. The molecule has 1 amide bonds. The van der Waals surface area contributed by atoms with Gasteiger partial charge in [-0.15, -0.1) is 27.8 Å². The Morgan fingerprint density at radius 3 is 2.62 bits per heavy atom. The van der Waals surface area contributed by atoms with Gasteiger partial charge in [0.05, 0.1) is 23.8 Å². The fourth-order valence-electron chi connectivity index (χ4n) is 11.1. The second-order valence-electron chi connectivity index (χ2n) is 18.2. The van der Waals surface area contributed by atoms with E-state index in [2.05, 4.69) is 55.8 Å². The van der Waals surface area contributed by atoms with Crippen LogP contribution in [-0.2, 0) is 41.1 Å². The summed E-state index contributed by atoms with van der Waals surface area (Å²) in [7, 11) is 2.23. The number of Topliss-reactive ketones (excluding diaryl/α,β-unsaturated/α-hetero) is 1. The van der Waals surface area contributed by atoms with E-state index in [0.717, 1.165) is 92.4 Å². The molecule has 2 saturated carbocycles. The van der Waals surface area contributed by atoms with Gasteiger partial charge in [0.25, 0.3) is 0 Å². The Morgan fingerprint density at radius 2 is 1.82 bits per heavy atom. The van der Waals surface area contributed by atoms with Crippen LogP contribution in [0.3, 0.4) is 0 Å². The summed E-state index contributed by atoms with van der Waals surface area (Å²) < 4.78 is 2.11. The summed E-state index contributed by atoms with van der Waals surface area (Å²) in [6.07, 6.45) is 10.00. The van der Waals surface area contributed by atoms with Crippen LogP contribution in [-0.4, -0.2) is 91.3 Å². The molecule has 6 atom stereocenters. The number of nitrogens with one attached hydrogen (secondary N) is 2. The van der Waals surface area contributed by atoms with Gasteiger partial charge in [-0.3, -0.25) is 9.59 Å². The number of aliphatic hydroxyl groups is 3. The zero-order valence-electron chi connectivity index (χ0n) is 35.2. The molecule has 13 heteroatoms. The van der Waals surface area contributed by atoms with E-state index < -0.39 is 17.8 Å². The quantitative estimate of drug-likeness (QED) is 0.0739. The minimum atomic E-state index is -1.63. The van der Waals surface area contributed by atoms with Gasteiger partial charge in [-0.1, -0.05) is 41.6 Å². The molecule has 61 heavy (non-hydrogen) atoms. The lowest BCUT2D eigenvalue weighted by molar-refractivity contribution is -0.135. The molecular formula is C48H60N6O5S2. The molecule has 4 aliphatic rings. The largest absolute Gasteiger partial charge is 0.392 e. The number of carbonyl (C=O) groups excluding carboxylic acids is 2. The van der Waals surface area contributed by atoms with Gasteiger partial charge in [0, 0.05) is 53.1 Å². The van der Waals surface area contributed by atoms with Gasteiger partial charge in [-0.2, -0.15) is 0 Å². The first-order valence-corrected chi connectivity index (χ1v) is 24.3. The van der Waals surface area contributed by atoms with Crippen molar-refractivity contribution in [3.8, 4) is 10.4 Å². The number of aryl methyl sites for hydroxylation is 2. The fourth-order valence-corrected chi connectivity index (χ4v) is 13.2. The number of nitrogens with zero attached hydrogens (tertiary/aromatic N) is 4. The lowest BCUT2D eigenvalue weighted by Gasteiger charge is -2.45. The predicted octanol–water partition coefficient (Wildman–Crippen LogP) is 6.60. The molecule has 5 N–H and O–H groups in total. The lowest BCUT2D eigenvalue weighted by atomic mass is 9.68. The van der Waals surface area contributed by atoms with Crippen molar-refractivity contribution in [1.82, 2.24) is 30.5 Å². The highest BCUT2D eigenvalue weighted by Crippen LogP contribution is 2.43. The van der Waals surface area contributed by atoms with Gasteiger partial charge >= 0.3 is 0 Å². The second-order valence-corrected chi connectivity index (χ2v) is 20.2. The van der Waals surface area contributed by atoms with Crippen molar-refractivity contribution in [3.63, 3.8) is 0 Å². The van der Waals surface area contributed by atoms with E-state index in [1.54, 1.807) is 0 Å². The molecule has 2 aromatic carbocycles. The summed E-state index contributed by atoms with van der Waals surface area (Å²) in [5.74, 6) is 0.304. The number of hydrogen-bond donors (Lipinski definition) is 5. The zero-order chi connectivity index (χ0) is 42.1. The molecule has 11 nitrogen and oxygen atoms in total. The van der Waals surface area contributed by atoms with E-state index in [1.165, 1.54) is 39.4 Å². The summed E-state index contributed by atoms with van der Waals surface area (Å²) in [4.78, 5) is 31.0. The van der Waals surface area contributed by atoms with Crippen LogP contribution in [0.1, 0.15) is 97.1 Å². The average molecular weight is 865 g/mol. The molecule has 0 bridgehead atoms. The van der Waals surface area contributed by atoms with Crippen molar-refractivity contribution >= 4 is 45.4 Å². The van der Waals surface area contributed by atoms with E-state index in [1.807, 2.05) is 47.8 Å². The maximum absolute atomic E-state index is 14.1. The van der Waals surface area contributed by atoms with Crippen LogP contribution < -0.4 is 10.6 Å². The Balaban J connectivity index is 0.763. The first kappa shape index (κ1) is 42.5. The van der Waals surface area contributed by atoms with Crippen LogP contribution in [0.15, 0.2) is 66.0 Å². The number of carbonyl (C=O) groups is 2. The number of benzene rings is 2. The molecule has 4 unspecified atom stereocenters. The van der Waals surface area contributed by atoms with Crippen LogP contribution in [0.2, 0.25) is 0 Å². The molecular weight excluding hydrogens is 805 g/mol. The molecule has 1 aliphatic heterocycles. The standard InChI is InChI=1S/C48H60N6O5S2/c1-53(33-15-13-30(14-16-33)26-42(57)48(59,43-12-6-25-60-43)44-21-20-41(61-44)31-8-3-2-4-9-31)23-7-24-54-47-37-11-5-10-34(37)32(27-38(47)51-52-54)28-49-29-40(56)35-17-19-39(55)46-36(35)18-22-45(58)50-46/h2-4,6,8-9,12,20-21,25,27,30,33,35-36,39-40,46,49,55-56,59H,5,7,10-11,13-19,22-24,26,28-29H2,1H3,(H,50,58)/t30?,33?,35?,36?,39?,40-,46?,48+/m0/s1. The third kappa shape index (κ3) is 8.76. The monoisotopic (exact) mass is 864 g/mol. The second kappa shape index (κ2) is 18.5. The summed E-state index contributed by atoms with van der Waals surface area (Å²) >= 11 is 2.95. The van der Waals surface area contributed by atoms with Crippen molar-refractivity contribution in [2.45, 2.75) is 126 Å². The maximum atomic E-state index is 14.1. The predicted molar refractivity (Wildman–Crippen MR) is 240 cm³/mol. The van der Waals surface area contributed by atoms with Crippen LogP contribution in [0.25, 0.3) is 21.5 Å². The van der Waals surface area contributed by atoms with Crippen molar-refractivity contribution in [1.29, 1.82) is 0 Å². The number of rotatable bonds is 16. The van der Waals surface area contributed by atoms with Crippen molar-refractivity contribution in [2.24, 2.45) is 17.8 Å². The number of fused-ring (bicyclic) bond motifs is 4. The topological polar surface area (TPSA) is 153 Å². The van der Waals surface area contributed by atoms with Gasteiger partial charge in [-0.25, -0.2) is 4.68 Å². The number of thiophene rings is 2. The van der Waals surface area contributed by atoms with E-state index in [4.69, 9.17) is 0 Å². The summed E-state index contributed by atoms with van der Waals surface area (Å²) in [6, 6.07) is 20.3. The number of piperidine rings is 1. The number of amides is 1. The first-order valence-electron chi connectivity index (χ1n) is 22.6. The fraction of sp³-hybridized carbons (Fsp3) is 0.542. The Kier molecular flexibility index (Phi) is 12.9. The normalized spacial score (nSPS) is 25.6. The molecule has 1 saturated heterocycles. The minimum Gasteiger partial charge on any atom is -0.392 e. The van der Waals surface area contributed by atoms with Gasteiger partial charge in [0.2, 0.25) is 5.91 Å². The third-order valence-corrected chi connectivity index (χ3v) is 16.7. The highest BCUT2D eigenvalue weighted by atomic mass is 32.1.